The Hall–Kier alpha value is -2.26. The first-order chi connectivity index (χ1) is 35.4. The molecular weight excluding hydrogens is 1010 g/mol. The summed E-state index contributed by atoms with van der Waals surface area (Å²) in [5, 5.41) is 26.9. The number of ketones is 3. The third-order valence-corrected chi connectivity index (χ3v) is 5.13. The molecule has 0 aromatic rings. The summed E-state index contributed by atoms with van der Waals surface area (Å²) in [5.74, 6) is -59.2. The SMILES string of the molecule is [2H]C([2H])([2H])C(C(=O)/C=C(\O)C(F)(F)C(F)(F)C(F)(F)F)(C([2H])([2H])[2H])C([2H])([2H])[2H].[2H]C([2H])([2H])C(C(=O)/C=C(\O)C(F)(F)C(F)(F)C(F)(F)F)(C([2H])([2H])[2H])C([2H])([2H])[2H].[2H]C([2H])([2H])C(C(=O)/C=C(\O)C(F)(F)C(F)(F)C(F)(F)F)(C([2H])([2H])[2H])C([2H])([2H])[2H].[Eu]. The Morgan fingerprint density at radius 1 is 0.362 bits per heavy atom. The number of carbonyl (C=O) groups excluding carboxylic acids is 3. The molecule has 0 aliphatic heterocycles. The van der Waals surface area contributed by atoms with Crippen LogP contribution in [0.15, 0.2) is 35.5 Å². The maximum atomic E-state index is 13.4. The Balaban J connectivity index is -0.000000576. The molecule has 6 nitrogen and oxygen atoms in total. The van der Waals surface area contributed by atoms with Crippen molar-refractivity contribution in [1.29, 1.82) is 0 Å². The fourth-order valence-corrected chi connectivity index (χ4v) is 1.99. The number of hydrogen-bond donors (Lipinski definition) is 3. The number of allylic oxidation sites excluding steroid dienone is 6. The van der Waals surface area contributed by atoms with Crippen LogP contribution in [0.2, 0.25) is 0 Å². The zero-order valence-corrected chi connectivity index (χ0v) is 28.5. The van der Waals surface area contributed by atoms with E-state index in [9.17, 15) is 107 Å². The summed E-state index contributed by atoms with van der Waals surface area (Å²) in [5.41, 5.74) is -13.5. The largest absolute Gasteiger partial charge is 0.506 e. The van der Waals surface area contributed by atoms with Gasteiger partial charge in [-0.25, -0.2) is 0 Å². The molecule has 0 saturated carbocycles. The van der Waals surface area contributed by atoms with E-state index in [1.807, 2.05) is 0 Å². The van der Waals surface area contributed by atoms with E-state index in [1.165, 1.54) is 0 Å². The number of aliphatic hydroxyl groups excluding tert-OH is 3. The van der Waals surface area contributed by atoms with Crippen LogP contribution in [-0.2, 0) is 14.4 Å². The van der Waals surface area contributed by atoms with E-state index in [-0.39, 0.29) is 49.4 Å². The van der Waals surface area contributed by atoms with Gasteiger partial charge in [0.1, 0.15) is 0 Å². The summed E-state index contributed by atoms with van der Waals surface area (Å²) < 4.78 is 457. The van der Waals surface area contributed by atoms with Gasteiger partial charge in [0.15, 0.2) is 34.6 Å². The zero-order chi connectivity index (χ0) is 70.1. The molecule has 0 aliphatic carbocycles. The zero-order valence-electron chi connectivity index (χ0n) is 53.1. The van der Waals surface area contributed by atoms with Crippen molar-refractivity contribution in [3.05, 3.63) is 35.5 Å². The molecule has 28 heteroatoms. The summed E-state index contributed by atoms with van der Waals surface area (Å²) in [4.78, 5) is 36.2. The van der Waals surface area contributed by atoms with Crippen molar-refractivity contribution < 1.29 is 208 Å². The standard InChI is InChI=1S/3C10H11F7O2.Eu/c3*1-7(2,3)5(18)4-6(19)8(11,12)9(13,14)10(15,16)17;/h3*4,19H,1-3H3;/b3*6-4-;/i3*1D3,2D3,3D3;. The molecule has 0 aromatic carbocycles. The van der Waals surface area contributed by atoms with Crippen molar-refractivity contribution in [1.82, 2.24) is 0 Å². The van der Waals surface area contributed by atoms with Gasteiger partial charge in [-0.05, 0) is 0 Å². The Kier molecular flexibility index (Phi) is 8.92. The second kappa shape index (κ2) is 19.2. The summed E-state index contributed by atoms with van der Waals surface area (Å²) >= 11 is 0. The smallest absolute Gasteiger partial charge is 0.460 e. The van der Waals surface area contributed by atoms with Crippen LogP contribution in [0, 0.1) is 65.6 Å². The van der Waals surface area contributed by atoms with Crippen LogP contribution >= 0.6 is 0 Å². The van der Waals surface area contributed by atoms with Gasteiger partial charge in [-0.3, -0.25) is 14.4 Å². The third-order valence-electron chi connectivity index (χ3n) is 5.13. The molecule has 0 unspecified atom stereocenters. The number of alkyl halides is 21. The molecule has 0 atom stereocenters. The summed E-state index contributed by atoms with van der Waals surface area (Å²) in [6.07, 6.45) is -24.6. The van der Waals surface area contributed by atoms with Gasteiger partial charge in [0.05, 0.1) is 0 Å². The maximum Gasteiger partial charge on any atom is 0.460 e. The van der Waals surface area contributed by atoms with Crippen molar-refractivity contribution in [2.45, 2.75) is 116 Å². The fraction of sp³-hybridized carbons (Fsp3) is 0.700. The number of aliphatic hydroxyl groups is 3. The van der Waals surface area contributed by atoms with Crippen molar-refractivity contribution >= 4 is 17.3 Å². The summed E-state index contributed by atoms with van der Waals surface area (Å²) in [6, 6.07) is 0. The van der Waals surface area contributed by atoms with Gasteiger partial charge in [0.25, 0.3) is 0 Å². The number of carbonyl (C=O) groups is 3. The number of hydrogen-bond acceptors (Lipinski definition) is 6. The Bertz CT molecular complexity index is 2100. The average Bonchev–Trinajstić information content (AvgIpc) is 3.11. The van der Waals surface area contributed by atoms with Crippen molar-refractivity contribution in [3.8, 4) is 0 Å². The van der Waals surface area contributed by atoms with Crippen molar-refractivity contribution in [2.24, 2.45) is 16.2 Å². The summed E-state index contributed by atoms with van der Waals surface area (Å²) in [6.45, 7) is -38.8. The third kappa shape index (κ3) is 15.0. The first-order valence-corrected chi connectivity index (χ1v) is 12.2. The van der Waals surface area contributed by atoms with E-state index in [4.69, 9.17) is 52.3 Å². The van der Waals surface area contributed by atoms with Crippen LogP contribution in [0.1, 0.15) is 98.7 Å². The van der Waals surface area contributed by atoms with Crippen LogP contribution in [0.25, 0.3) is 0 Å². The Labute approximate surface area is 393 Å². The predicted molar refractivity (Wildman–Crippen MR) is 153 cm³/mol. The van der Waals surface area contributed by atoms with Crippen LogP contribution in [0.4, 0.5) is 92.2 Å². The fourth-order valence-electron chi connectivity index (χ4n) is 1.99. The molecule has 0 rings (SSSR count). The minimum absolute atomic E-state index is 0. The molecule has 343 valence electrons. The van der Waals surface area contributed by atoms with Crippen LogP contribution in [-0.4, -0.2) is 86.7 Å². The van der Waals surface area contributed by atoms with Gasteiger partial charge in [-0.2, -0.15) is 92.2 Å². The maximum absolute atomic E-state index is 13.4. The molecule has 0 aliphatic rings. The molecule has 0 spiro atoms. The molecule has 0 fully saturated rings. The van der Waals surface area contributed by atoms with E-state index in [2.05, 4.69) is 0 Å². The average molecular weight is 1070 g/mol. The first kappa shape index (κ1) is 26.9. The quantitative estimate of drug-likeness (QED) is 0.120. The van der Waals surface area contributed by atoms with E-state index in [0.717, 1.165) is 0 Å². The van der Waals surface area contributed by atoms with Gasteiger partial charge in [0, 0.05) is 121 Å². The molecule has 1 radical (unpaired) electrons. The van der Waals surface area contributed by atoms with E-state index in [0.29, 0.717) is 0 Å². The molecular formula is C30H33EuF21O6. The molecule has 0 bridgehead atoms. The predicted octanol–water partition coefficient (Wildman–Crippen LogP) is 11.6. The molecule has 0 saturated heterocycles. The van der Waals surface area contributed by atoms with Gasteiger partial charge >= 0.3 is 54.1 Å². The van der Waals surface area contributed by atoms with Gasteiger partial charge in [-0.15, -0.1) is 0 Å². The number of rotatable bonds is 9. The first-order valence-electron chi connectivity index (χ1n) is 25.7. The monoisotopic (exact) mass is 1070 g/mol. The van der Waals surface area contributed by atoms with E-state index < -0.39 is 185 Å². The molecule has 0 amide bonds. The van der Waals surface area contributed by atoms with Crippen molar-refractivity contribution in [3.63, 3.8) is 0 Å². The van der Waals surface area contributed by atoms with Gasteiger partial charge in [0.2, 0.25) is 0 Å². The topological polar surface area (TPSA) is 112 Å². The van der Waals surface area contributed by atoms with E-state index in [1.54, 1.807) is 0 Å². The normalized spacial score (nSPS) is 24.2. The molecule has 0 heterocycles. The van der Waals surface area contributed by atoms with Crippen LogP contribution in [0.5, 0.6) is 0 Å². The minimum atomic E-state index is -6.97. The Morgan fingerprint density at radius 2 is 0.500 bits per heavy atom. The van der Waals surface area contributed by atoms with Crippen LogP contribution in [0.3, 0.4) is 0 Å². The molecule has 0 aromatic heterocycles. The molecule has 58 heavy (non-hydrogen) atoms. The van der Waals surface area contributed by atoms with Crippen LogP contribution < -0.4 is 0 Å². The second-order valence-corrected chi connectivity index (χ2v) is 9.87. The summed E-state index contributed by atoms with van der Waals surface area (Å²) in [7, 11) is 0. The van der Waals surface area contributed by atoms with Gasteiger partial charge < -0.3 is 15.3 Å². The minimum Gasteiger partial charge on any atom is -0.506 e. The number of halogens is 21. The Morgan fingerprint density at radius 3 is 0.603 bits per heavy atom. The van der Waals surface area contributed by atoms with E-state index >= 15 is 0 Å². The van der Waals surface area contributed by atoms with Crippen molar-refractivity contribution in [2.75, 3.05) is 0 Å². The van der Waals surface area contributed by atoms with Gasteiger partial charge in [-0.1, -0.05) is 61.7 Å². The second-order valence-electron chi connectivity index (χ2n) is 9.87. The molecule has 3 N–H and O–H groups in total.